The Morgan fingerprint density at radius 1 is 1.65 bits per heavy atom. The molecule has 1 saturated heterocycles. The van der Waals surface area contributed by atoms with Crippen molar-refractivity contribution in [2.75, 3.05) is 18.5 Å². The number of rotatable bonds is 5. The van der Waals surface area contributed by atoms with Crippen LogP contribution >= 0.6 is 0 Å². The minimum atomic E-state index is -0.478. The number of pyridine rings is 1. The van der Waals surface area contributed by atoms with Gasteiger partial charge in [0.1, 0.15) is 11.9 Å². The quantitative estimate of drug-likeness (QED) is 0.625. The Bertz CT molecular complexity index is 391. The molecule has 1 aliphatic rings. The second-order valence-corrected chi connectivity index (χ2v) is 3.98. The van der Waals surface area contributed by atoms with Crippen LogP contribution in [0.4, 0.5) is 11.5 Å². The summed E-state index contributed by atoms with van der Waals surface area (Å²) >= 11 is 0. The van der Waals surface area contributed by atoms with Crippen LogP contribution < -0.4 is 5.32 Å². The van der Waals surface area contributed by atoms with Crippen molar-refractivity contribution in [3.8, 4) is 0 Å². The SMILES string of the molecule is O=[N+]([O-])c1ncccc1NCCC1CCCO1. The molecule has 0 aromatic carbocycles. The van der Waals surface area contributed by atoms with Gasteiger partial charge in [0, 0.05) is 13.2 Å². The zero-order valence-corrected chi connectivity index (χ0v) is 9.46. The molecule has 6 heteroatoms. The lowest BCUT2D eigenvalue weighted by molar-refractivity contribution is -0.388. The maximum absolute atomic E-state index is 10.7. The molecule has 0 saturated carbocycles. The molecule has 1 aliphatic heterocycles. The van der Waals surface area contributed by atoms with Crippen molar-refractivity contribution >= 4 is 11.5 Å². The van der Waals surface area contributed by atoms with Gasteiger partial charge in [-0.1, -0.05) is 0 Å². The van der Waals surface area contributed by atoms with Crippen LogP contribution in [0.3, 0.4) is 0 Å². The van der Waals surface area contributed by atoms with E-state index in [0.29, 0.717) is 18.3 Å². The lowest BCUT2D eigenvalue weighted by Gasteiger charge is -2.10. The molecule has 1 fully saturated rings. The Labute approximate surface area is 99.2 Å². The predicted molar refractivity (Wildman–Crippen MR) is 63.0 cm³/mol. The number of hydrogen-bond donors (Lipinski definition) is 1. The van der Waals surface area contributed by atoms with Crippen LogP contribution in [0, 0.1) is 10.1 Å². The molecule has 0 bridgehead atoms. The molecule has 0 spiro atoms. The number of aromatic nitrogens is 1. The Balaban J connectivity index is 1.87. The van der Waals surface area contributed by atoms with E-state index in [4.69, 9.17) is 4.74 Å². The molecular formula is C11H15N3O3. The Kier molecular flexibility index (Phi) is 3.87. The van der Waals surface area contributed by atoms with Gasteiger partial charge in [0.2, 0.25) is 0 Å². The molecule has 2 rings (SSSR count). The summed E-state index contributed by atoms with van der Waals surface area (Å²) in [5, 5.41) is 13.8. The maximum atomic E-state index is 10.7. The molecule has 1 atom stereocenters. The van der Waals surface area contributed by atoms with Crippen molar-refractivity contribution in [3.63, 3.8) is 0 Å². The van der Waals surface area contributed by atoms with E-state index in [9.17, 15) is 10.1 Å². The van der Waals surface area contributed by atoms with Crippen LogP contribution in [-0.4, -0.2) is 29.2 Å². The molecule has 0 radical (unpaired) electrons. The highest BCUT2D eigenvalue weighted by Crippen LogP contribution is 2.21. The topological polar surface area (TPSA) is 77.3 Å². The van der Waals surface area contributed by atoms with Crippen molar-refractivity contribution in [2.24, 2.45) is 0 Å². The van der Waals surface area contributed by atoms with Crippen molar-refractivity contribution in [1.29, 1.82) is 0 Å². The highest BCUT2D eigenvalue weighted by atomic mass is 16.6. The fourth-order valence-electron chi connectivity index (χ4n) is 1.92. The van der Waals surface area contributed by atoms with Crippen LogP contribution in [0.2, 0.25) is 0 Å². The van der Waals surface area contributed by atoms with Gasteiger partial charge in [-0.3, -0.25) is 0 Å². The van der Waals surface area contributed by atoms with E-state index < -0.39 is 4.92 Å². The lowest BCUT2D eigenvalue weighted by Crippen LogP contribution is -2.13. The first-order valence-electron chi connectivity index (χ1n) is 5.72. The average molecular weight is 237 g/mol. The molecule has 2 heterocycles. The molecule has 6 nitrogen and oxygen atoms in total. The normalized spacial score (nSPS) is 19.2. The van der Waals surface area contributed by atoms with E-state index in [1.54, 1.807) is 12.1 Å². The highest BCUT2D eigenvalue weighted by molar-refractivity contribution is 5.56. The third kappa shape index (κ3) is 3.13. The van der Waals surface area contributed by atoms with Gasteiger partial charge in [0.15, 0.2) is 0 Å². The van der Waals surface area contributed by atoms with E-state index in [0.717, 1.165) is 25.9 Å². The number of ether oxygens (including phenoxy) is 1. The molecule has 0 aliphatic carbocycles. The minimum absolute atomic E-state index is 0.125. The maximum Gasteiger partial charge on any atom is 0.386 e. The molecule has 17 heavy (non-hydrogen) atoms. The standard InChI is InChI=1S/C11H15N3O3/c15-14(16)11-10(4-1-6-13-11)12-7-5-9-3-2-8-17-9/h1,4,6,9,12H,2-3,5,7-8H2. The van der Waals surface area contributed by atoms with E-state index in [1.807, 2.05) is 0 Å². The van der Waals surface area contributed by atoms with Gasteiger partial charge in [0.05, 0.1) is 6.10 Å². The summed E-state index contributed by atoms with van der Waals surface area (Å²) in [6.07, 6.45) is 4.77. The van der Waals surface area contributed by atoms with Crippen LogP contribution in [-0.2, 0) is 4.74 Å². The first-order valence-corrected chi connectivity index (χ1v) is 5.72. The fraction of sp³-hybridized carbons (Fsp3) is 0.545. The summed E-state index contributed by atoms with van der Waals surface area (Å²) in [6, 6.07) is 3.35. The number of nitrogens with zero attached hydrogens (tertiary/aromatic N) is 2. The van der Waals surface area contributed by atoms with Crippen molar-refractivity contribution in [2.45, 2.75) is 25.4 Å². The summed E-state index contributed by atoms with van der Waals surface area (Å²) in [5.41, 5.74) is 0.468. The zero-order valence-electron chi connectivity index (χ0n) is 9.46. The predicted octanol–water partition coefficient (Wildman–Crippen LogP) is 1.97. The molecule has 92 valence electrons. The summed E-state index contributed by atoms with van der Waals surface area (Å²) < 4.78 is 5.48. The third-order valence-electron chi connectivity index (χ3n) is 2.77. The van der Waals surface area contributed by atoms with Crippen molar-refractivity contribution < 1.29 is 9.66 Å². The lowest BCUT2D eigenvalue weighted by atomic mass is 10.2. The van der Waals surface area contributed by atoms with Gasteiger partial charge in [0.25, 0.3) is 0 Å². The van der Waals surface area contributed by atoms with Gasteiger partial charge in [-0.25, -0.2) is 0 Å². The molecule has 1 N–H and O–H groups in total. The van der Waals surface area contributed by atoms with Crippen LogP contribution in [0.1, 0.15) is 19.3 Å². The average Bonchev–Trinajstić information content (AvgIpc) is 2.82. The second kappa shape index (κ2) is 5.58. The highest BCUT2D eigenvalue weighted by Gasteiger charge is 2.17. The monoisotopic (exact) mass is 237 g/mol. The third-order valence-corrected chi connectivity index (χ3v) is 2.77. The summed E-state index contributed by atoms with van der Waals surface area (Å²) in [7, 11) is 0. The van der Waals surface area contributed by atoms with E-state index in [1.165, 1.54) is 6.20 Å². The van der Waals surface area contributed by atoms with Crippen molar-refractivity contribution in [1.82, 2.24) is 4.98 Å². The second-order valence-electron chi connectivity index (χ2n) is 3.98. The van der Waals surface area contributed by atoms with E-state index >= 15 is 0 Å². The van der Waals surface area contributed by atoms with Gasteiger partial charge in [-0.05, 0) is 41.3 Å². The zero-order chi connectivity index (χ0) is 12.1. The summed E-state index contributed by atoms with van der Waals surface area (Å²) in [4.78, 5) is 14.0. The van der Waals surface area contributed by atoms with Gasteiger partial charge in [-0.2, -0.15) is 0 Å². The van der Waals surface area contributed by atoms with Crippen LogP contribution in [0.25, 0.3) is 0 Å². The van der Waals surface area contributed by atoms with Gasteiger partial charge < -0.3 is 20.2 Å². The largest absolute Gasteiger partial charge is 0.386 e. The number of nitro groups is 1. The molecular weight excluding hydrogens is 222 g/mol. The molecule has 1 aromatic heterocycles. The van der Waals surface area contributed by atoms with E-state index in [-0.39, 0.29) is 5.82 Å². The number of nitrogens with one attached hydrogen (secondary N) is 1. The van der Waals surface area contributed by atoms with E-state index in [2.05, 4.69) is 10.3 Å². The van der Waals surface area contributed by atoms with Gasteiger partial charge in [-0.15, -0.1) is 0 Å². The molecule has 0 amide bonds. The van der Waals surface area contributed by atoms with Gasteiger partial charge >= 0.3 is 5.82 Å². The first-order chi connectivity index (χ1) is 8.27. The van der Waals surface area contributed by atoms with Crippen LogP contribution in [0.5, 0.6) is 0 Å². The Hall–Kier alpha value is -1.69. The first kappa shape index (κ1) is 11.8. The fourth-order valence-corrected chi connectivity index (χ4v) is 1.92. The molecule has 1 unspecified atom stereocenters. The number of hydrogen-bond acceptors (Lipinski definition) is 5. The Morgan fingerprint density at radius 3 is 3.24 bits per heavy atom. The number of anilines is 1. The van der Waals surface area contributed by atoms with Crippen LogP contribution in [0.15, 0.2) is 18.3 Å². The van der Waals surface area contributed by atoms with Crippen molar-refractivity contribution in [3.05, 3.63) is 28.4 Å². The molecule has 1 aromatic rings. The summed E-state index contributed by atoms with van der Waals surface area (Å²) in [6.45, 7) is 1.49. The smallest absolute Gasteiger partial charge is 0.378 e. The Morgan fingerprint density at radius 2 is 2.53 bits per heavy atom. The summed E-state index contributed by atoms with van der Waals surface area (Å²) in [5.74, 6) is -0.125. The minimum Gasteiger partial charge on any atom is -0.378 e.